The van der Waals surface area contributed by atoms with Gasteiger partial charge in [0.1, 0.15) is 0 Å². The first-order valence-corrected chi connectivity index (χ1v) is 22.4. The SMILES string of the molecule is c1ccc(-c2c(-c3ccccc3)c3cc(N(c4ccc(-c5ccc(-c6cccc7ccccc67)cc5)cc4)c4ccc(-c5cccc6ccccc56)cc4)ccc3c3ccccc23)cc1. The number of anilines is 3. The van der Waals surface area contributed by atoms with E-state index in [-0.39, 0.29) is 0 Å². The Bertz CT molecular complexity index is 3660. The van der Waals surface area contributed by atoms with Crippen molar-refractivity contribution in [3.63, 3.8) is 0 Å². The maximum absolute atomic E-state index is 2.41. The van der Waals surface area contributed by atoms with Crippen molar-refractivity contribution in [2.24, 2.45) is 0 Å². The van der Waals surface area contributed by atoms with Crippen molar-refractivity contribution in [1.82, 2.24) is 0 Å². The summed E-state index contributed by atoms with van der Waals surface area (Å²) in [5.41, 5.74) is 15.4. The van der Waals surface area contributed by atoms with Gasteiger partial charge in [-0.2, -0.15) is 0 Å². The van der Waals surface area contributed by atoms with Crippen LogP contribution in [0.2, 0.25) is 0 Å². The maximum Gasteiger partial charge on any atom is 0.0468 e. The normalized spacial score (nSPS) is 11.4. The van der Waals surface area contributed by atoms with Crippen molar-refractivity contribution in [2.45, 2.75) is 0 Å². The summed E-state index contributed by atoms with van der Waals surface area (Å²) in [5, 5.41) is 9.96. The van der Waals surface area contributed by atoms with E-state index in [0.29, 0.717) is 0 Å². The minimum atomic E-state index is 1.09. The second kappa shape index (κ2) is 16.3. The molecule has 0 amide bonds. The molecule has 65 heavy (non-hydrogen) atoms. The van der Waals surface area contributed by atoms with Crippen LogP contribution in [0.1, 0.15) is 0 Å². The van der Waals surface area contributed by atoms with Crippen LogP contribution in [0.3, 0.4) is 0 Å². The summed E-state index contributed by atoms with van der Waals surface area (Å²) >= 11 is 0. The predicted molar refractivity (Wildman–Crippen MR) is 278 cm³/mol. The molecule has 0 saturated heterocycles. The zero-order chi connectivity index (χ0) is 43.1. The summed E-state index contributed by atoms with van der Waals surface area (Å²) in [4.78, 5) is 2.41. The standard InChI is InChI=1S/C64H43N/c1-3-17-50(18-4-1)63-61-26-12-11-25-59(61)60-42-41-54(43-62(60)64(63)51-19-5-2-6-20-51)65(53-39-35-49(36-40-53)58-28-14-22-47-16-8-10-24-56(47)58)52-37-33-45(34-38-52)44-29-31-48(32-30-44)57-27-13-21-46-15-7-9-23-55(46)57/h1-43H. The van der Waals surface area contributed by atoms with E-state index in [0.717, 1.165) is 17.1 Å². The van der Waals surface area contributed by atoms with Gasteiger partial charge in [0.15, 0.2) is 0 Å². The number of hydrogen-bond acceptors (Lipinski definition) is 1. The van der Waals surface area contributed by atoms with Crippen LogP contribution < -0.4 is 4.90 Å². The summed E-state index contributed by atoms with van der Waals surface area (Å²) in [6.07, 6.45) is 0. The first-order valence-electron chi connectivity index (χ1n) is 22.4. The number of rotatable bonds is 8. The number of fused-ring (bicyclic) bond motifs is 5. The van der Waals surface area contributed by atoms with Gasteiger partial charge in [-0.3, -0.25) is 0 Å². The minimum Gasteiger partial charge on any atom is -0.310 e. The van der Waals surface area contributed by atoms with E-state index in [2.05, 4.69) is 266 Å². The summed E-state index contributed by atoms with van der Waals surface area (Å²) < 4.78 is 0. The van der Waals surface area contributed by atoms with Crippen molar-refractivity contribution in [3.05, 3.63) is 261 Å². The molecule has 1 heteroatoms. The topological polar surface area (TPSA) is 3.24 Å². The average molecular weight is 826 g/mol. The number of benzene rings is 12. The van der Waals surface area contributed by atoms with Crippen LogP contribution in [0.4, 0.5) is 17.1 Å². The molecule has 0 aliphatic carbocycles. The fourth-order valence-electron chi connectivity index (χ4n) is 9.96. The highest BCUT2D eigenvalue weighted by Crippen LogP contribution is 2.47. The second-order valence-electron chi connectivity index (χ2n) is 16.8. The van der Waals surface area contributed by atoms with Crippen molar-refractivity contribution in [2.75, 3.05) is 4.90 Å². The Labute approximate surface area is 379 Å². The highest BCUT2D eigenvalue weighted by atomic mass is 15.1. The van der Waals surface area contributed by atoms with Crippen molar-refractivity contribution < 1.29 is 0 Å². The van der Waals surface area contributed by atoms with Crippen LogP contribution in [0.15, 0.2) is 261 Å². The van der Waals surface area contributed by atoms with Crippen LogP contribution in [-0.4, -0.2) is 0 Å². The summed E-state index contributed by atoms with van der Waals surface area (Å²) in [7, 11) is 0. The van der Waals surface area contributed by atoms with Gasteiger partial charge in [0.25, 0.3) is 0 Å². The third kappa shape index (κ3) is 6.92. The Balaban J connectivity index is 1.01. The monoisotopic (exact) mass is 825 g/mol. The molecule has 0 atom stereocenters. The largest absolute Gasteiger partial charge is 0.310 e. The highest BCUT2D eigenvalue weighted by Gasteiger charge is 2.21. The molecule has 0 radical (unpaired) electrons. The molecular formula is C64H43N. The first kappa shape index (κ1) is 38.2. The molecule has 0 spiro atoms. The summed E-state index contributed by atoms with van der Waals surface area (Å²) in [5.74, 6) is 0. The summed E-state index contributed by atoms with van der Waals surface area (Å²) in [6.45, 7) is 0. The van der Waals surface area contributed by atoms with Crippen molar-refractivity contribution in [1.29, 1.82) is 0 Å². The number of nitrogens with zero attached hydrogens (tertiary/aromatic N) is 1. The van der Waals surface area contributed by atoms with Crippen molar-refractivity contribution >= 4 is 60.2 Å². The predicted octanol–water partition coefficient (Wildman–Crippen LogP) is 18.1. The van der Waals surface area contributed by atoms with Gasteiger partial charge in [0.2, 0.25) is 0 Å². The van der Waals surface area contributed by atoms with Crippen LogP contribution in [0.25, 0.3) is 98.7 Å². The third-order valence-corrected chi connectivity index (χ3v) is 13.1. The van der Waals surface area contributed by atoms with E-state index in [1.807, 2.05) is 0 Å². The van der Waals surface area contributed by atoms with Crippen LogP contribution in [0, 0.1) is 0 Å². The Kier molecular flexibility index (Phi) is 9.58. The highest BCUT2D eigenvalue weighted by molar-refractivity contribution is 6.22. The third-order valence-electron chi connectivity index (χ3n) is 13.1. The first-order chi connectivity index (χ1) is 32.2. The Hall–Kier alpha value is -8.52. The number of hydrogen-bond donors (Lipinski definition) is 0. The van der Waals surface area contributed by atoms with Crippen molar-refractivity contribution in [3.8, 4) is 55.6 Å². The van der Waals surface area contributed by atoms with E-state index >= 15 is 0 Å². The lowest BCUT2D eigenvalue weighted by Crippen LogP contribution is -2.10. The maximum atomic E-state index is 2.41. The molecule has 0 unspecified atom stereocenters. The average Bonchev–Trinajstić information content (AvgIpc) is 3.39. The molecule has 0 heterocycles. The van der Waals surface area contributed by atoms with Gasteiger partial charge >= 0.3 is 0 Å². The zero-order valence-electron chi connectivity index (χ0n) is 35.8. The molecule has 0 bridgehead atoms. The van der Waals surface area contributed by atoms with Gasteiger partial charge in [-0.1, -0.05) is 224 Å². The molecule has 0 aromatic heterocycles. The van der Waals surface area contributed by atoms with Gasteiger partial charge in [0.05, 0.1) is 0 Å². The van der Waals surface area contributed by atoms with Gasteiger partial charge in [-0.15, -0.1) is 0 Å². The van der Waals surface area contributed by atoms with Crippen LogP contribution in [0.5, 0.6) is 0 Å². The van der Waals surface area contributed by atoms with Gasteiger partial charge in [-0.25, -0.2) is 0 Å². The quantitative estimate of drug-likeness (QED) is 0.138. The molecule has 0 fully saturated rings. The molecular weight excluding hydrogens is 783 g/mol. The molecule has 1 nitrogen and oxygen atoms in total. The van der Waals surface area contributed by atoms with E-state index in [4.69, 9.17) is 0 Å². The fraction of sp³-hybridized carbons (Fsp3) is 0. The Morgan fingerprint density at radius 1 is 0.200 bits per heavy atom. The van der Waals surface area contributed by atoms with E-state index in [1.54, 1.807) is 0 Å². The molecule has 304 valence electrons. The Morgan fingerprint density at radius 2 is 0.569 bits per heavy atom. The molecule has 0 aliphatic heterocycles. The lowest BCUT2D eigenvalue weighted by atomic mass is 9.85. The molecule has 0 aliphatic rings. The molecule has 0 N–H and O–H groups in total. The Morgan fingerprint density at radius 3 is 1.11 bits per heavy atom. The van der Waals surface area contributed by atoms with E-state index in [9.17, 15) is 0 Å². The second-order valence-corrected chi connectivity index (χ2v) is 16.8. The van der Waals surface area contributed by atoms with Gasteiger partial charge < -0.3 is 4.90 Å². The summed E-state index contributed by atoms with van der Waals surface area (Å²) in [6, 6.07) is 95.2. The van der Waals surface area contributed by atoms with Crippen LogP contribution in [-0.2, 0) is 0 Å². The van der Waals surface area contributed by atoms with Gasteiger partial charge in [0, 0.05) is 17.1 Å². The van der Waals surface area contributed by atoms with E-state index in [1.165, 1.54) is 98.7 Å². The lowest BCUT2D eigenvalue weighted by molar-refractivity contribution is 1.29. The molecule has 12 aromatic carbocycles. The zero-order valence-corrected chi connectivity index (χ0v) is 35.8. The van der Waals surface area contributed by atoms with Crippen LogP contribution >= 0.6 is 0 Å². The minimum absolute atomic E-state index is 1.09. The lowest BCUT2D eigenvalue weighted by Gasteiger charge is -2.27. The molecule has 12 aromatic rings. The fourth-order valence-corrected chi connectivity index (χ4v) is 9.96. The smallest absolute Gasteiger partial charge is 0.0468 e. The van der Waals surface area contributed by atoms with E-state index < -0.39 is 0 Å². The molecule has 12 rings (SSSR count). The van der Waals surface area contributed by atoms with Gasteiger partial charge in [-0.05, 0) is 135 Å². The molecule has 0 saturated carbocycles.